The van der Waals surface area contributed by atoms with Crippen molar-refractivity contribution in [1.82, 2.24) is 10.2 Å². The third kappa shape index (κ3) is 6.41. The van der Waals surface area contributed by atoms with Crippen LogP contribution in [0.4, 0.5) is 11.4 Å². The first-order valence-corrected chi connectivity index (χ1v) is 14.0. The van der Waals surface area contributed by atoms with Gasteiger partial charge in [-0.25, -0.2) is 9.89 Å². The standard InChI is InChI=1S/C30H29N5O5S/c1-39-21-13-11-20(12-14-21)32-27(37)18-41-30-34-23-9-5-4-8-22(23)28-33-24(29(38)35(28)30)15-16-26(36)31-17-19-7-3-6-10-25(19)40-2/h3-14,24H,15-18H2,1-2H3,(H,31,36)(H,32,37)/t24-/m0/s1. The number of anilines is 1. The molecule has 0 saturated carbocycles. The van der Waals surface area contributed by atoms with Crippen LogP contribution in [0.1, 0.15) is 24.0 Å². The molecule has 3 aromatic carbocycles. The monoisotopic (exact) mass is 571 g/mol. The average molecular weight is 572 g/mol. The zero-order valence-corrected chi connectivity index (χ0v) is 23.4. The fourth-order valence-corrected chi connectivity index (χ4v) is 5.29. The van der Waals surface area contributed by atoms with Gasteiger partial charge in [-0.3, -0.25) is 19.4 Å². The predicted molar refractivity (Wildman–Crippen MR) is 159 cm³/mol. The number of nitrogens with one attached hydrogen (secondary N) is 2. The number of para-hydroxylation sites is 2. The molecular weight excluding hydrogens is 542 g/mol. The minimum Gasteiger partial charge on any atom is -0.497 e. The smallest absolute Gasteiger partial charge is 0.259 e. The Hall–Kier alpha value is -4.64. The number of fused-ring (bicyclic) bond motifs is 3. The number of thioether (sulfide) groups is 1. The second-order valence-corrected chi connectivity index (χ2v) is 10.2. The van der Waals surface area contributed by atoms with Gasteiger partial charge in [0.1, 0.15) is 23.4 Å². The van der Waals surface area contributed by atoms with E-state index in [0.29, 0.717) is 40.4 Å². The molecule has 5 rings (SSSR count). The first-order chi connectivity index (χ1) is 20.0. The third-order valence-electron chi connectivity index (χ3n) is 6.57. The zero-order chi connectivity index (χ0) is 28.8. The number of ether oxygens (including phenoxy) is 2. The number of methoxy groups -OCH3 is 2. The van der Waals surface area contributed by atoms with Crippen molar-refractivity contribution in [1.29, 1.82) is 0 Å². The molecule has 0 radical (unpaired) electrons. The van der Waals surface area contributed by atoms with Gasteiger partial charge in [0.25, 0.3) is 5.91 Å². The molecule has 0 unspecified atom stereocenters. The van der Waals surface area contributed by atoms with Crippen molar-refractivity contribution in [2.45, 2.75) is 25.4 Å². The van der Waals surface area contributed by atoms with E-state index in [4.69, 9.17) is 14.5 Å². The summed E-state index contributed by atoms with van der Waals surface area (Å²) < 4.78 is 10.5. The normalized spacial score (nSPS) is 15.3. The summed E-state index contributed by atoms with van der Waals surface area (Å²) >= 11 is 1.16. The fraction of sp³-hybridized carbons (Fsp3) is 0.233. The lowest BCUT2D eigenvalue weighted by atomic mass is 10.1. The van der Waals surface area contributed by atoms with E-state index < -0.39 is 6.04 Å². The van der Waals surface area contributed by atoms with E-state index in [1.54, 1.807) is 38.5 Å². The van der Waals surface area contributed by atoms with E-state index in [1.807, 2.05) is 48.5 Å². The van der Waals surface area contributed by atoms with E-state index in [-0.39, 0.29) is 36.3 Å². The Morgan fingerprint density at radius 1 is 0.951 bits per heavy atom. The number of amides is 3. The molecule has 2 aliphatic rings. The SMILES string of the molecule is COc1ccc(NC(=O)CSC2=Nc3ccccc3C3=N[C@@H](CCC(=O)NCc4ccccc4OC)C(=O)N23)cc1. The molecule has 3 aromatic rings. The van der Waals surface area contributed by atoms with Crippen molar-refractivity contribution in [3.63, 3.8) is 0 Å². The molecule has 0 aliphatic carbocycles. The van der Waals surface area contributed by atoms with Crippen molar-refractivity contribution in [3.05, 3.63) is 83.9 Å². The van der Waals surface area contributed by atoms with Crippen LogP contribution >= 0.6 is 11.8 Å². The van der Waals surface area contributed by atoms with E-state index in [9.17, 15) is 14.4 Å². The lowest BCUT2D eigenvalue weighted by Crippen LogP contribution is -2.41. The molecule has 2 heterocycles. The lowest BCUT2D eigenvalue weighted by molar-refractivity contribution is -0.125. The zero-order valence-electron chi connectivity index (χ0n) is 22.6. The van der Waals surface area contributed by atoms with Gasteiger partial charge in [-0.05, 0) is 48.9 Å². The summed E-state index contributed by atoms with van der Waals surface area (Å²) in [5.74, 6) is 1.22. The summed E-state index contributed by atoms with van der Waals surface area (Å²) in [6.07, 6.45) is 0.371. The number of hydrogen-bond donors (Lipinski definition) is 2. The van der Waals surface area contributed by atoms with Gasteiger partial charge in [-0.1, -0.05) is 42.1 Å². The Balaban J connectivity index is 1.22. The van der Waals surface area contributed by atoms with Crippen LogP contribution in [0.2, 0.25) is 0 Å². The molecule has 2 N–H and O–H groups in total. The van der Waals surface area contributed by atoms with Gasteiger partial charge in [0.2, 0.25) is 11.8 Å². The Morgan fingerprint density at radius 2 is 1.71 bits per heavy atom. The number of carbonyl (C=O) groups is 3. The molecule has 210 valence electrons. The van der Waals surface area contributed by atoms with E-state index in [1.165, 1.54) is 4.90 Å². The largest absolute Gasteiger partial charge is 0.497 e. The molecule has 10 nitrogen and oxygen atoms in total. The van der Waals surface area contributed by atoms with Gasteiger partial charge < -0.3 is 20.1 Å². The fourth-order valence-electron chi connectivity index (χ4n) is 4.49. The number of amidine groups is 2. The van der Waals surface area contributed by atoms with Gasteiger partial charge in [0.05, 0.1) is 25.7 Å². The van der Waals surface area contributed by atoms with Crippen LogP contribution in [0, 0.1) is 0 Å². The van der Waals surface area contributed by atoms with Gasteiger partial charge in [0.15, 0.2) is 5.17 Å². The summed E-state index contributed by atoms with van der Waals surface area (Å²) in [5, 5.41) is 6.10. The van der Waals surface area contributed by atoms with Crippen LogP contribution in [0.5, 0.6) is 11.5 Å². The highest BCUT2D eigenvalue weighted by Gasteiger charge is 2.41. The average Bonchev–Trinajstić information content (AvgIpc) is 3.34. The third-order valence-corrected chi connectivity index (χ3v) is 7.51. The summed E-state index contributed by atoms with van der Waals surface area (Å²) in [6.45, 7) is 0.321. The minimum absolute atomic E-state index is 0.0418. The van der Waals surface area contributed by atoms with Crippen LogP contribution in [0.25, 0.3) is 0 Å². The van der Waals surface area contributed by atoms with Crippen LogP contribution in [0.3, 0.4) is 0 Å². The number of carbonyl (C=O) groups excluding carboxylic acids is 3. The summed E-state index contributed by atoms with van der Waals surface area (Å²) in [6, 6.07) is 21.2. The topological polar surface area (TPSA) is 122 Å². The minimum atomic E-state index is -0.730. The van der Waals surface area contributed by atoms with Crippen LogP contribution in [-0.4, -0.2) is 59.6 Å². The molecular formula is C30H29N5O5S. The molecule has 3 amide bonds. The predicted octanol–water partition coefficient (Wildman–Crippen LogP) is 4.13. The van der Waals surface area contributed by atoms with Crippen molar-refractivity contribution >= 4 is 51.9 Å². The summed E-state index contributed by atoms with van der Waals surface area (Å²) in [7, 11) is 3.16. The molecule has 41 heavy (non-hydrogen) atoms. The van der Waals surface area contributed by atoms with Crippen molar-refractivity contribution in [2.24, 2.45) is 9.98 Å². The highest BCUT2D eigenvalue weighted by atomic mass is 32.2. The highest BCUT2D eigenvalue weighted by molar-refractivity contribution is 8.14. The number of rotatable bonds is 10. The molecule has 0 bridgehead atoms. The number of hydrogen-bond acceptors (Lipinski definition) is 8. The molecule has 0 saturated heterocycles. The number of benzene rings is 3. The molecule has 0 spiro atoms. The lowest BCUT2D eigenvalue weighted by Gasteiger charge is -2.25. The number of aliphatic imine (C=N–C) groups is 2. The van der Waals surface area contributed by atoms with Gasteiger partial charge in [-0.2, -0.15) is 0 Å². The highest BCUT2D eigenvalue weighted by Crippen LogP contribution is 2.34. The quantitative estimate of drug-likeness (QED) is 0.378. The van der Waals surface area contributed by atoms with E-state index >= 15 is 0 Å². The molecule has 0 aromatic heterocycles. The second kappa shape index (κ2) is 12.7. The summed E-state index contributed by atoms with van der Waals surface area (Å²) in [5.41, 5.74) is 2.90. The Labute approximate surface area is 241 Å². The molecule has 2 aliphatic heterocycles. The Morgan fingerprint density at radius 3 is 2.49 bits per heavy atom. The van der Waals surface area contributed by atoms with Gasteiger partial charge in [0, 0.05) is 29.8 Å². The Bertz CT molecular complexity index is 1520. The second-order valence-electron chi connectivity index (χ2n) is 9.25. The molecule has 0 fully saturated rings. The summed E-state index contributed by atoms with van der Waals surface area (Å²) in [4.78, 5) is 49.6. The van der Waals surface area contributed by atoms with E-state index in [2.05, 4.69) is 15.6 Å². The maximum Gasteiger partial charge on any atom is 0.259 e. The van der Waals surface area contributed by atoms with Crippen molar-refractivity contribution in [2.75, 3.05) is 25.3 Å². The van der Waals surface area contributed by atoms with Crippen LogP contribution in [-0.2, 0) is 20.9 Å². The first-order valence-electron chi connectivity index (χ1n) is 13.0. The Kier molecular flexibility index (Phi) is 8.64. The van der Waals surface area contributed by atoms with Crippen LogP contribution in [0.15, 0.2) is 82.8 Å². The van der Waals surface area contributed by atoms with Gasteiger partial charge >= 0.3 is 0 Å². The maximum atomic E-state index is 13.5. The van der Waals surface area contributed by atoms with Gasteiger partial charge in [-0.15, -0.1) is 0 Å². The first kappa shape index (κ1) is 27.9. The van der Waals surface area contributed by atoms with Crippen molar-refractivity contribution < 1.29 is 23.9 Å². The molecule has 11 heteroatoms. The number of nitrogens with zero attached hydrogens (tertiary/aromatic N) is 3. The maximum absolute atomic E-state index is 13.5. The van der Waals surface area contributed by atoms with E-state index in [0.717, 1.165) is 22.9 Å². The van der Waals surface area contributed by atoms with Crippen LogP contribution < -0.4 is 20.1 Å². The van der Waals surface area contributed by atoms with Crippen molar-refractivity contribution in [3.8, 4) is 11.5 Å². The molecule has 1 atom stereocenters.